The molecule has 94 valence electrons. The molecule has 2 aromatic carbocycles. The molecule has 1 nitrogen and oxygen atoms in total. The van der Waals surface area contributed by atoms with Crippen molar-refractivity contribution in [2.75, 3.05) is 11.4 Å². The van der Waals surface area contributed by atoms with Crippen molar-refractivity contribution in [3.05, 3.63) is 65.2 Å². The van der Waals surface area contributed by atoms with Crippen LogP contribution in [0.4, 0.5) is 5.69 Å². The highest BCUT2D eigenvalue weighted by Gasteiger charge is 2.17. The zero-order valence-electron chi connectivity index (χ0n) is 11.2. The Morgan fingerprint density at radius 1 is 0.947 bits per heavy atom. The molecular formula is C18H17N. The Kier molecular flexibility index (Phi) is 3.25. The number of para-hydroxylation sites is 1. The van der Waals surface area contributed by atoms with Crippen molar-refractivity contribution in [1.29, 1.82) is 0 Å². The van der Waals surface area contributed by atoms with Gasteiger partial charge in [0.15, 0.2) is 0 Å². The highest BCUT2D eigenvalue weighted by molar-refractivity contribution is 5.61. The van der Waals surface area contributed by atoms with E-state index in [1.807, 2.05) is 6.92 Å². The lowest BCUT2D eigenvalue weighted by Crippen LogP contribution is -2.30. The summed E-state index contributed by atoms with van der Waals surface area (Å²) in [6, 6.07) is 17.2. The standard InChI is InChI=1S/C18H17N/c1-2-7-16-9-5-6-11-18(16)19-13-12-15-8-3-4-10-17(15)14-19/h3-6,8-11H,12-14H2,1H3. The minimum Gasteiger partial charge on any atom is -0.366 e. The van der Waals surface area contributed by atoms with Crippen molar-refractivity contribution < 1.29 is 0 Å². The molecule has 0 fully saturated rings. The van der Waals surface area contributed by atoms with Gasteiger partial charge in [-0.1, -0.05) is 42.3 Å². The molecule has 0 saturated heterocycles. The van der Waals surface area contributed by atoms with E-state index < -0.39 is 0 Å². The van der Waals surface area contributed by atoms with Gasteiger partial charge in [0.05, 0.1) is 5.69 Å². The Balaban J connectivity index is 1.95. The smallest absolute Gasteiger partial charge is 0.0528 e. The molecule has 1 aliphatic heterocycles. The summed E-state index contributed by atoms with van der Waals surface area (Å²) >= 11 is 0. The van der Waals surface area contributed by atoms with Crippen molar-refractivity contribution in [3.8, 4) is 11.8 Å². The number of nitrogens with zero attached hydrogens (tertiary/aromatic N) is 1. The summed E-state index contributed by atoms with van der Waals surface area (Å²) in [6.45, 7) is 3.94. The van der Waals surface area contributed by atoms with Crippen LogP contribution in [0.25, 0.3) is 0 Å². The molecule has 1 heterocycles. The third-order valence-corrected chi connectivity index (χ3v) is 3.64. The van der Waals surface area contributed by atoms with Crippen molar-refractivity contribution in [2.24, 2.45) is 0 Å². The van der Waals surface area contributed by atoms with Crippen LogP contribution in [0.3, 0.4) is 0 Å². The minimum absolute atomic E-state index is 0.985. The zero-order chi connectivity index (χ0) is 13.1. The van der Waals surface area contributed by atoms with Gasteiger partial charge < -0.3 is 4.90 Å². The molecule has 1 aliphatic rings. The molecule has 0 atom stereocenters. The summed E-state index contributed by atoms with van der Waals surface area (Å²) in [5, 5.41) is 0. The van der Waals surface area contributed by atoms with Crippen LogP contribution < -0.4 is 4.90 Å². The first-order valence-electron chi connectivity index (χ1n) is 6.72. The summed E-state index contributed by atoms with van der Waals surface area (Å²) in [7, 11) is 0. The second-order valence-electron chi connectivity index (χ2n) is 4.83. The number of anilines is 1. The predicted octanol–water partition coefficient (Wildman–Crippen LogP) is 3.62. The Bertz CT molecular complexity index is 646. The second-order valence-corrected chi connectivity index (χ2v) is 4.83. The molecule has 0 spiro atoms. The van der Waals surface area contributed by atoms with Crippen LogP contribution in [0.15, 0.2) is 48.5 Å². The van der Waals surface area contributed by atoms with Gasteiger partial charge in [-0.3, -0.25) is 0 Å². The van der Waals surface area contributed by atoms with Gasteiger partial charge in [-0.25, -0.2) is 0 Å². The van der Waals surface area contributed by atoms with E-state index in [1.54, 1.807) is 0 Å². The molecule has 0 radical (unpaired) electrons. The lowest BCUT2D eigenvalue weighted by molar-refractivity contribution is 0.731. The molecular weight excluding hydrogens is 230 g/mol. The molecule has 0 unspecified atom stereocenters. The average Bonchev–Trinajstić information content (AvgIpc) is 2.48. The summed E-state index contributed by atoms with van der Waals surface area (Å²) in [5.41, 5.74) is 5.31. The first-order chi connectivity index (χ1) is 9.38. The maximum Gasteiger partial charge on any atom is 0.0528 e. The number of fused-ring (bicyclic) bond motifs is 1. The van der Waals surface area contributed by atoms with Crippen molar-refractivity contribution in [2.45, 2.75) is 19.9 Å². The van der Waals surface area contributed by atoms with Gasteiger partial charge in [-0.15, -0.1) is 5.92 Å². The van der Waals surface area contributed by atoms with Crippen LogP contribution in [0.2, 0.25) is 0 Å². The number of benzene rings is 2. The Morgan fingerprint density at radius 3 is 2.53 bits per heavy atom. The van der Waals surface area contributed by atoms with Gasteiger partial charge in [-0.05, 0) is 36.6 Å². The molecule has 0 N–H and O–H groups in total. The number of rotatable bonds is 1. The molecule has 0 saturated carbocycles. The van der Waals surface area contributed by atoms with Gasteiger partial charge in [0.1, 0.15) is 0 Å². The SMILES string of the molecule is CC#Cc1ccccc1N1CCc2ccccc2C1. The third-order valence-electron chi connectivity index (χ3n) is 3.64. The summed E-state index contributed by atoms with van der Waals surface area (Å²) in [5.74, 6) is 6.21. The van der Waals surface area contributed by atoms with E-state index in [9.17, 15) is 0 Å². The fourth-order valence-corrected chi connectivity index (χ4v) is 2.69. The Hall–Kier alpha value is -2.20. The van der Waals surface area contributed by atoms with Crippen LogP contribution in [0.5, 0.6) is 0 Å². The van der Waals surface area contributed by atoms with E-state index in [0.717, 1.165) is 25.1 Å². The summed E-state index contributed by atoms with van der Waals surface area (Å²) in [6.07, 6.45) is 1.12. The lowest BCUT2D eigenvalue weighted by Gasteiger charge is -2.31. The van der Waals surface area contributed by atoms with Crippen LogP contribution in [0.1, 0.15) is 23.6 Å². The van der Waals surface area contributed by atoms with Gasteiger partial charge in [0, 0.05) is 18.7 Å². The molecule has 0 amide bonds. The van der Waals surface area contributed by atoms with Crippen LogP contribution in [0, 0.1) is 11.8 Å². The van der Waals surface area contributed by atoms with Crippen LogP contribution >= 0.6 is 0 Å². The molecule has 1 heteroatoms. The van der Waals surface area contributed by atoms with Gasteiger partial charge in [-0.2, -0.15) is 0 Å². The van der Waals surface area contributed by atoms with Gasteiger partial charge >= 0.3 is 0 Å². The number of hydrogen-bond donors (Lipinski definition) is 0. The molecule has 2 aromatic rings. The topological polar surface area (TPSA) is 3.24 Å². The largest absolute Gasteiger partial charge is 0.366 e. The Morgan fingerprint density at radius 2 is 1.68 bits per heavy atom. The average molecular weight is 247 g/mol. The van der Waals surface area contributed by atoms with Gasteiger partial charge in [0.25, 0.3) is 0 Å². The van der Waals surface area contributed by atoms with E-state index in [4.69, 9.17) is 0 Å². The summed E-state index contributed by atoms with van der Waals surface area (Å²) < 4.78 is 0. The predicted molar refractivity (Wildman–Crippen MR) is 80.2 cm³/mol. The highest BCUT2D eigenvalue weighted by atomic mass is 15.1. The van der Waals surface area contributed by atoms with E-state index >= 15 is 0 Å². The van der Waals surface area contributed by atoms with Crippen molar-refractivity contribution in [1.82, 2.24) is 0 Å². The first kappa shape index (κ1) is 11.9. The van der Waals surface area contributed by atoms with E-state index in [2.05, 4.69) is 65.3 Å². The Labute approximate surface area is 114 Å². The van der Waals surface area contributed by atoms with Gasteiger partial charge in [0.2, 0.25) is 0 Å². The maximum absolute atomic E-state index is 3.21. The highest BCUT2D eigenvalue weighted by Crippen LogP contribution is 2.26. The maximum atomic E-state index is 3.21. The summed E-state index contributed by atoms with van der Waals surface area (Å²) in [4.78, 5) is 2.43. The normalized spacial score (nSPS) is 13.4. The van der Waals surface area contributed by atoms with E-state index in [-0.39, 0.29) is 0 Å². The molecule has 0 aliphatic carbocycles. The minimum atomic E-state index is 0.985. The lowest BCUT2D eigenvalue weighted by atomic mass is 9.99. The quantitative estimate of drug-likeness (QED) is 0.696. The molecule has 3 rings (SSSR count). The van der Waals surface area contributed by atoms with E-state index in [0.29, 0.717) is 0 Å². The van der Waals surface area contributed by atoms with Crippen LogP contribution in [-0.4, -0.2) is 6.54 Å². The second kappa shape index (κ2) is 5.20. The third kappa shape index (κ3) is 2.35. The molecule has 19 heavy (non-hydrogen) atoms. The van der Waals surface area contributed by atoms with Crippen molar-refractivity contribution in [3.63, 3.8) is 0 Å². The number of hydrogen-bond acceptors (Lipinski definition) is 1. The first-order valence-corrected chi connectivity index (χ1v) is 6.72. The molecule has 0 aromatic heterocycles. The fraction of sp³-hybridized carbons (Fsp3) is 0.222. The monoisotopic (exact) mass is 247 g/mol. The zero-order valence-corrected chi connectivity index (χ0v) is 11.2. The van der Waals surface area contributed by atoms with Crippen LogP contribution in [-0.2, 0) is 13.0 Å². The van der Waals surface area contributed by atoms with E-state index in [1.165, 1.54) is 16.8 Å². The molecule has 0 bridgehead atoms. The fourth-order valence-electron chi connectivity index (χ4n) is 2.69. The van der Waals surface area contributed by atoms with Crippen molar-refractivity contribution >= 4 is 5.69 Å².